The second-order valence-corrected chi connectivity index (χ2v) is 6.60. The molecule has 1 aromatic rings. The quantitative estimate of drug-likeness (QED) is 0.878. The zero-order valence-corrected chi connectivity index (χ0v) is 12.6. The Morgan fingerprint density at radius 2 is 2.29 bits per heavy atom. The van der Waals surface area contributed by atoms with E-state index in [4.69, 9.17) is 9.26 Å². The SMILES string of the molecule is CNC(Cc1nc(C2CN3CCCC3CO2)no1)C1CC1. The van der Waals surface area contributed by atoms with Crippen LogP contribution in [0.5, 0.6) is 0 Å². The molecule has 6 nitrogen and oxygen atoms in total. The number of rotatable bonds is 5. The van der Waals surface area contributed by atoms with Crippen LogP contribution in [-0.2, 0) is 11.2 Å². The van der Waals surface area contributed by atoms with Gasteiger partial charge in [0.05, 0.1) is 6.61 Å². The summed E-state index contributed by atoms with van der Waals surface area (Å²) >= 11 is 0. The second-order valence-electron chi connectivity index (χ2n) is 6.60. The van der Waals surface area contributed by atoms with Gasteiger partial charge in [-0.3, -0.25) is 4.90 Å². The first-order chi connectivity index (χ1) is 10.3. The smallest absolute Gasteiger partial charge is 0.228 e. The van der Waals surface area contributed by atoms with Gasteiger partial charge < -0.3 is 14.6 Å². The highest BCUT2D eigenvalue weighted by Gasteiger charge is 2.35. The molecule has 3 heterocycles. The molecule has 1 aliphatic carbocycles. The van der Waals surface area contributed by atoms with E-state index in [1.807, 2.05) is 7.05 Å². The Hall–Kier alpha value is -0.980. The topological polar surface area (TPSA) is 63.4 Å². The molecule has 6 heteroatoms. The van der Waals surface area contributed by atoms with Crippen LogP contribution in [0.2, 0.25) is 0 Å². The first-order valence-electron chi connectivity index (χ1n) is 8.19. The van der Waals surface area contributed by atoms with E-state index < -0.39 is 0 Å². The molecule has 0 spiro atoms. The fraction of sp³-hybridized carbons (Fsp3) is 0.867. The number of hydrogen-bond donors (Lipinski definition) is 1. The van der Waals surface area contributed by atoms with Crippen LogP contribution in [0.25, 0.3) is 0 Å². The molecule has 116 valence electrons. The summed E-state index contributed by atoms with van der Waals surface area (Å²) in [5.74, 6) is 2.24. The van der Waals surface area contributed by atoms with Crippen molar-refractivity contribution in [3.63, 3.8) is 0 Å². The molecule has 2 aliphatic heterocycles. The Morgan fingerprint density at radius 1 is 1.38 bits per heavy atom. The van der Waals surface area contributed by atoms with E-state index in [9.17, 15) is 0 Å². The van der Waals surface area contributed by atoms with Crippen molar-refractivity contribution in [3.8, 4) is 0 Å². The van der Waals surface area contributed by atoms with Crippen molar-refractivity contribution < 1.29 is 9.26 Å². The minimum Gasteiger partial charge on any atom is -0.367 e. The van der Waals surface area contributed by atoms with E-state index in [-0.39, 0.29) is 6.10 Å². The lowest BCUT2D eigenvalue weighted by molar-refractivity contribution is -0.0548. The van der Waals surface area contributed by atoms with Crippen LogP contribution in [0.4, 0.5) is 0 Å². The maximum absolute atomic E-state index is 5.94. The Labute approximate surface area is 125 Å². The maximum atomic E-state index is 5.94. The maximum Gasteiger partial charge on any atom is 0.228 e. The standard InChI is InChI=1S/C15H24N4O2/c1-16-12(10-4-5-10)7-14-17-15(18-21-14)13-8-19-6-2-3-11(19)9-20-13/h10-13,16H,2-9H2,1H3. The number of nitrogens with zero attached hydrogens (tertiary/aromatic N) is 3. The van der Waals surface area contributed by atoms with Crippen molar-refractivity contribution in [2.45, 2.75) is 50.3 Å². The summed E-state index contributed by atoms with van der Waals surface area (Å²) in [6.07, 6.45) is 5.97. The second kappa shape index (κ2) is 5.66. The van der Waals surface area contributed by atoms with Gasteiger partial charge in [0.25, 0.3) is 0 Å². The van der Waals surface area contributed by atoms with Crippen LogP contribution in [0.3, 0.4) is 0 Å². The summed E-state index contributed by atoms with van der Waals surface area (Å²) in [5.41, 5.74) is 0. The molecule has 1 saturated carbocycles. The third-order valence-electron chi connectivity index (χ3n) is 5.12. The minimum absolute atomic E-state index is 0.0224. The van der Waals surface area contributed by atoms with Gasteiger partial charge in [-0.15, -0.1) is 0 Å². The first-order valence-corrected chi connectivity index (χ1v) is 8.19. The predicted octanol–water partition coefficient (Wildman–Crippen LogP) is 1.15. The summed E-state index contributed by atoms with van der Waals surface area (Å²) in [6, 6.07) is 1.07. The number of hydrogen-bond acceptors (Lipinski definition) is 6. The summed E-state index contributed by atoms with van der Waals surface area (Å²) in [7, 11) is 2.01. The number of aromatic nitrogens is 2. The van der Waals surface area contributed by atoms with E-state index in [0.29, 0.717) is 12.1 Å². The lowest BCUT2D eigenvalue weighted by atomic mass is 10.1. The van der Waals surface area contributed by atoms with E-state index in [2.05, 4.69) is 20.4 Å². The summed E-state index contributed by atoms with van der Waals surface area (Å²) < 4.78 is 11.4. The van der Waals surface area contributed by atoms with Gasteiger partial charge in [0, 0.05) is 25.0 Å². The number of nitrogens with one attached hydrogen (secondary N) is 1. The molecule has 21 heavy (non-hydrogen) atoms. The van der Waals surface area contributed by atoms with Gasteiger partial charge in [-0.25, -0.2) is 0 Å². The molecule has 0 bridgehead atoms. The summed E-state index contributed by atoms with van der Waals surface area (Å²) in [6.45, 7) is 2.89. The van der Waals surface area contributed by atoms with Gasteiger partial charge in [0.1, 0.15) is 6.10 Å². The van der Waals surface area contributed by atoms with Gasteiger partial charge in [-0.2, -0.15) is 4.98 Å². The molecular formula is C15H24N4O2. The van der Waals surface area contributed by atoms with Crippen molar-refractivity contribution in [2.24, 2.45) is 5.92 Å². The zero-order chi connectivity index (χ0) is 14.2. The average Bonchev–Trinajstić information content (AvgIpc) is 3.07. The van der Waals surface area contributed by atoms with E-state index in [1.165, 1.54) is 32.2 Å². The molecule has 0 aromatic carbocycles. The molecule has 3 atom stereocenters. The molecule has 4 rings (SSSR count). The predicted molar refractivity (Wildman–Crippen MR) is 76.9 cm³/mol. The highest BCUT2D eigenvalue weighted by molar-refractivity contribution is 4.99. The van der Waals surface area contributed by atoms with E-state index in [1.54, 1.807) is 0 Å². The third kappa shape index (κ3) is 2.84. The third-order valence-corrected chi connectivity index (χ3v) is 5.12. The molecule has 1 aromatic heterocycles. The Kier molecular flexibility index (Phi) is 3.69. The van der Waals surface area contributed by atoms with Crippen LogP contribution >= 0.6 is 0 Å². The Balaban J connectivity index is 1.39. The summed E-state index contributed by atoms with van der Waals surface area (Å²) in [5, 5.41) is 7.52. The molecular weight excluding hydrogens is 268 g/mol. The van der Waals surface area contributed by atoms with Gasteiger partial charge in [-0.1, -0.05) is 5.16 Å². The van der Waals surface area contributed by atoms with Crippen LogP contribution in [0.15, 0.2) is 4.52 Å². The number of morpholine rings is 1. The monoisotopic (exact) mass is 292 g/mol. The van der Waals surface area contributed by atoms with Crippen molar-refractivity contribution in [1.82, 2.24) is 20.4 Å². The van der Waals surface area contributed by atoms with Gasteiger partial charge in [0.2, 0.25) is 11.7 Å². The highest BCUT2D eigenvalue weighted by Crippen LogP contribution is 2.34. The van der Waals surface area contributed by atoms with Crippen molar-refractivity contribution in [2.75, 3.05) is 26.7 Å². The molecule has 3 unspecified atom stereocenters. The lowest BCUT2D eigenvalue weighted by Crippen LogP contribution is -2.42. The van der Waals surface area contributed by atoms with E-state index in [0.717, 1.165) is 37.2 Å². The molecule has 0 radical (unpaired) electrons. The Bertz CT molecular complexity index is 488. The normalized spacial score (nSPS) is 31.3. The molecule has 3 fully saturated rings. The Morgan fingerprint density at radius 3 is 3.10 bits per heavy atom. The lowest BCUT2D eigenvalue weighted by Gasteiger charge is -2.33. The molecule has 0 amide bonds. The van der Waals surface area contributed by atoms with Crippen molar-refractivity contribution in [3.05, 3.63) is 11.7 Å². The zero-order valence-electron chi connectivity index (χ0n) is 12.6. The van der Waals surface area contributed by atoms with Crippen molar-refractivity contribution >= 4 is 0 Å². The van der Waals surface area contributed by atoms with Gasteiger partial charge >= 0.3 is 0 Å². The summed E-state index contributed by atoms with van der Waals surface area (Å²) in [4.78, 5) is 7.08. The molecule has 1 N–H and O–H groups in total. The number of fused-ring (bicyclic) bond motifs is 1. The molecule has 2 saturated heterocycles. The number of ether oxygens (including phenoxy) is 1. The van der Waals surface area contributed by atoms with Crippen molar-refractivity contribution in [1.29, 1.82) is 0 Å². The van der Waals surface area contributed by atoms with Gasteiger partial charge in [-0.05, 0) is 45.2 Å². The van der Waals surface area contributed by atoms with E-state index >= 15 is 0 Å². The molecule has 3 aliphatic rings. The van der Waals surface area contributed by atoms with Crippen LogP contribution in [-0.4, -0.2) is 53.9 Å². The fourth-order valence-corrected chi connectivity index (χ4v) is 3.65. The largest absolute Gasteiger partial charge is 0.367 e. The van der Waals surface area contributed by atoms with Crippen LogP contribution in [0, 0.1) is 5.92 Å². The number of likely N-dealkylation sites (N-methyl/N-ethyl adjacent to an activating group) is 1. The highest BCUT2D eigenvalue weighted by atomic mass is 16.5. The first kappa shape index (κ1) is 13.7. The minimum atomic E-state index is -0.0224. The fourth-order valence-electron chi connectivity index (χ4n) is 3.65. The van der Waals surface area contributed by atoms with Crippen LogP contribution in [0.1, 0.15) is 43.5 Å². The average molecular weight is 292 g/mol. The van der Waals surface area contributed by atoms with Gasteiger partial charge in [0.15, 0.2) is 0 Å². The van der Waals surface area contributed by atoms with Crippen LogP contribution < -0.4 is 5.32 Å².